The van der Waals surface area contributed by atoms with Gasteiger partial charge in [-0.15, -0.1) is 0 Å². The fraction of sp³-hybridized carbons (Fsp3) is 0.377. The van der Waals surface area contributed by atoms with Gasteiger partial charge in [0, 0.05) is 33.9 Å². The van der Waals surface area contributed by atoms with Crippen molar-refractivity contribution in [3.63, 3.8) is 0 Å². The molecule has 0 unspecified atom stereocenters. The van der Waals surface area contributed by atoms with Gasteiger partial charge >= 0.3 is 36.1 Å². The maximum Gasteiger partial charge on any atom is 0.407 e. The third kappa shape index (κ3) is 32.4. The molecular formula is C61H72N6O17. The van der Waals surface area contributed by atoms with Crippen LogP contribution in [-0.2, 0) is 38.1 Å². The summed E-state index contributed by atoms with van der Waals surface area (Å²) in [6.07, 6.45) is -1.33. The fourth-order valence-electron chi connectivity index (χ4n) is 5.66. The minimum absolute atomic E-state index is 0.216. The van der Waals surface area contributed by atoms with Crippen LogP contribution in [0.4, 0.5) is 9.59 Å². The van der Waals surface area contributed by atoms with E-state index in [1.54, 1.807) is 123 Å². The third-order valence-corrected chi connectivity index (χ3v) is 9.75. The molecule has 0 aliphatic heterocycles. The highest BCUT2D eigenvalue weighted by atomic mass is 16.6. The van der Waals surface area contributed by atoms with Crippen LogP contribution in [0.25, 0.3) is 0 Å². The molecule has 23 nitrogen and oxygen atoms in total. The number of nitrogens with one attached hydrogen (secondary N) is 4. The number of carbonyl (C=O) groups is 8. The summed E-state index contributed by atoms with van der Waals surface area (Å²) in [7, 11) is 3.66. The number of hydrogen-bond donors (Lipinski definition) is 10. The van der Waals surface area contributed by atoms with Crippen LogP contribution in [0.15, 0.2) is 72.8 Å². The maximum absolute atomic E-state index is 12.6. The second kappa shape index (κ2) is 39.6. The maximum atomic E-state index is 12.6. The highest BCUT2D eigenvalue weighted by Gasteiger charge is 2.31. The molecular weight excluding hydrogens is 1090 g/mol. The van der Waals surface area contributed by atoms with Crippen molar-refractivity contribution < 1.29 is 82.5 Å². The molecule has 23 heteroatoms. The zero-order chi connectivity index (χ0) is 64.0. The van der Waals surface area contributed by atoms with Crippen molar-refractivity contribution in [2.45, 2.75) is 110 Å². The molecule has 0 radical (unpaired) electrons. The predicted molar refractivity (Wildman–Crippen MR) is 309 cm³/mol. The van der Waals surface area contributed by atoms with Crippen LogP contribution in [0, 0.1) is 71.0 Å². The molecule has 3 aromatic rings. The number of carboxylic acid groups (broad SMARTS) is 1. The number of ether oxygens (including phenoxy) is 5. The SMILES string of the molecule is COC(=O)[C@@H](N)[C@@H](C)NC(=O)OC(C)(C)C.COC(=O)[C@@H](NC(=O)c1ccc(C#CC#CCO)cc1)[C@@H](C)N.COC(=O)[C@@H](NC(=O)c1ccc(C#CC#CCO)cc1)[C@@H](C)NC(=O)OC(C)(C)C.O=C(O)c1ccc(C#CC#CCO)cc1. The lowest BCUT2D eigenvalue weighted by molar-refractivity contribution is -0.144. The van der Waals surface area contributed by atoms with Gasteiger partial charge in [-0.1, -0.05) is 35.5 Å². The normalized spacial score (nSPS) is 11.8. The van der Waals surface area contributed by atoms with Crippen LogP contribution in [0.3, 0.4) is 0 Å². The Morgan fingerprint density at radius 2 is 0.774 bits per heavy atom. The Morgan fingerprint density at radius 1 is 0.464 bits per heavy atom. The zero-order valence-electron chi connectivity index (χ0n) is 48.8. The molecule has 0 bridgehead atoms. The molecule has 0 heterocycles. The van der Waals surface area contributed by atoms with E-state index < -0.39 is 95.3 Å². The number of alkyl carbamates (subject to hydrolysis) is 2. The molecule has 0 aromatic heterocycles. The van der Waals surface area contributed by atoms with E-state index in [1.165, 1.54) is 33.5 Å². The van der Waals surface area contributed by atoms with Crippen molar-refractivity contribution in [1.29, 1.82) is 0 Å². The second-order valence-electron chi connectivity index (χ2n) is 18.9. The van der Waals surface area contributed by atoms with E-state index in [-0.39, 0.29) is 25.4 Å². The van der Waals surface area contributed by atoms with Crippen molar-refractivity contribution in [3.05, 3.63) is 106 Å². The first-order chi connectivity index (χ1) is 39.5. The van der Waals surface area contributed by atoms with Gasteiger partial charge in [-0.05, 0) is 171 Å². The highest BCUT2D eigenvalue weighted by Crippen LogP contribution is 2.11. The summed E-state index contributed by atoms with van der Waals surface area (Å²) >= 11 is 0. The first-order valence-corrected chi connectivity index (χ1v) is 25.2. The number of methoxy groups -OCH3 is 3. The number of nitrogens with two attached hydrogens (primary N) is 2. The van der Waals surface area contributed by atoms with E-state index in [1.807, 2.05) is 0 Å². The molecule has 84 heavy (non-hydrogen) atoms. The lowest BCUT2D eigenvalue weighted by Crippen LogP contribution is -2.55. The summed E-state index contributed by atoms with van der Waals surface area (Å²) in [5, 5.41) is 44.2. The van der Waals surface area contributed by atoms with Gasteiger partial charge in [-0.3, -0.25) is 14.4 Å². The number of carbonyl (C=O) groups excluding carboxylic acids is 7. The number of amides is 4. The van der Waals surface area contributed by atoms with Crippen molar-refractivity contribution >= 4 is 47.9 Å². The molecule has 0 saturated heterocycles. The van der Waals surface area contributed by atoms with E-state index in [4.69, 9.17) is 46.1 Å². The molecule has 3 rings (SSSR count). The van der Waals surface area contributed by atoms with Crippen molar-refractivity contribution in [2.24, 2.45) is 11.5 Å². The number of aliphatic hydroxyl groups excluding tert-OH is 3. The average molecular weight is 1160 g/mol. The lowest BCUT2D eigenvalue weighted by Gasteiger charge is -2.26. The Labute approximate surface area is 489 Å². The fourth-order valence-corrected chi connectivity index (χ4v) is 5.66. The van der Waals surface area contributed by atoms with Gasteiger partial charge < -0.3 is 76.8 Å². The summed E-state index contributed by atoms with van der Waals surface area (Å²) in [4.78, 5) is 93.3. The lowest BCUT2D eigenvalue weighted by atomic mass is 10.1. The molecule has 3 aromatic carbocycles. The summed E-state index contributed by atoms with van der Waals surface area (Å²) in [5.41, 5.74) is 12.8. The first-order valence-electron chi connectivity index (χ1n) is 25.2. The molecule has 0 aliphatic rings. The number of aromatic carboxylic acids is 1. The number of benzene rings is 3. The van der Waals surface area contributed by atoms with Crippen LogP contribution in [0.1, 0.15) is 110 Å². The summed E-state index contributed by atoms with van der Waals surface area (Å²) < 4.78 is 24.0. The Morgan fingerprint density at radius 3 is 1.07 bits per heavy atom. The smallest absolute Gasteiger partial charge is 0.407 e. The van der Waals surface area contributed by atoms with Crippen LogP contribution in [0.2, 0.25) is 0 Å². The van der Waals surface area contributed by atoms with E-state index in [2.05, 4.69) is 102 Å². The van der Waals surface area contributed by atoms with E-state index in [9.17, 15) is 38.4 Å². The van der Waals surface area contributed by atoms with Crippen molar-refractivity contribution in [3.8, 4) is 71.0 Å². The third-order valence-electron chi connectivity index (χ3n) is 9.75. The largest absolute Gasteiger partial charge is 0.478 e. The van der Waals surface area contributed by atoms with Crippen LogP contribution < -0.4 is 32.7 Å². The molecule has 6 atom stereocenters. The Hall–Kier alpha value is -9.82. The Kier molecular flexibility index (Phi) is 34.9. The van der Waals surface area contributed by atoms with Crippen molar-refractivity contribution in [1.82, 2.24) is 21.3 Å². The van der Waals surface area contributed by atoms with Gasteiger partial charge in [-0.25, -0.2) is 24.0 Å². The predicted octanol–water partition coefficient (Wildman–Crippen LogP) is 2.00. The van der Waals surface area contributed by atoms with Gasteiger partial charge in [0.2, 0.25) is 0 Å². The molecule has 12 N–H and O–H groups in total. The van der Waals surface area contributed by atoms with Crippen LogP contribution >= 0.6 is 0 Å². The number of hydrogen-bond acceptors (Lipinski definition) is 18. The van der Waals surface area contributed by atoms with Crippen molar-refractivity contribution in [2.75, 3.05) is 41.2 Å². The molecule has 0 fully saturated rings. The second-order valence-corrected chi connectivity index (χ2v) is 18.9. The standard InChI is InChI=1S/C22H26N2O6.C17H18N2O4.C12H8O3.C10H20N2O4/c1-15(23-21(28)30-22(2,3)4)18(20(27)29-5)24-19(26)17-12-10-16(11-13-17)9-7-6-8-14-25;1-12(18)15(17(22)23-2)19-16(21)14-9-7-13(8-10-14)6-4-3-5-11-20;13-9-3-1-2-4-10-5-7-11(8-6-10)12(14)15;1-6(7(11)8(13)15-5)12-9(14)16-10(2,3)4/h10-13,15,18,25H,14H2,1-5H3,(H,23,28)(H,24,26);7-10,12,15,20H,11,18H2,1-2H3,(H,19,21);5-8,13H,9H2,(H,14,15);6-7H,11H2,1-5H3,(H,12,14)/t15-,18+;12-,15+;;6-,7+/m11.1/s1. The van der Waals surface area contributed by atoms with E-state index in [0.717, 1.165) is 0 Å². The summed E-state index contributed by atoms with van der Waals surface area (Å²) in [6, 6.07) is 14.1. The number of carboxylic acids is 1. The van der Waals surface area contributed by atoms with Gasteiger partial charge in [0.1, 0.15) is 49.1 Å². The summed E-state index contributed by atoms with van der Waals surface area (Å²) in [6.45, 7) is 14.4. The van der Waals surface area contributed by atoms with Gasteiger partial charge in [-0.2, -0.15) is 0 Å². The quantitative estimate of drug-likeness (QED) is 0.0665. The van der Waals surface area contributed by atoms with Gasteiger partial charge in [0.25, 0.3) is 11.8 Å². The minimum Gasteiger partial charge on any atom is -0.478 e. The number of aliphatic hydroxyl groups is 3. The van der Waals surface area contributed by atoms with Gasteiger partial charge in [0.15, 0.2) is 0 Å². The molecule has 0 aliphatic carbocycles. The Balaban J connectivity index is 0.00000114. The molecule has 4 amide bonds. The molecule has 0 spiro atoms. The van der Waals surface area contributed by atoms with Gasteiger partial charge in [0.05, 0.1) is 39.0 Å². The number of esters is 3. The summed E-state index contributed by atoms with van der Waals surface area (Å²) in [5.74, 6) is 26.7. The number of rotatable bonds is 13. The molecule has 0 saturated carbocycles. The zero-order valence-corrected chi connectivity index (χ0v) is 48.8. The highest BCUT2D eigenvalue weighted by molar-refractivity contribution is 5.98. The average Bonchev–Trinajstić information content (AvgIpc) is 3.54. The van der Waals surface area contributed by atoms with E-state index in [0.29, 0.717) is 27.8 Å². The monoisotopic (exact) mass is 1160 g/mol. The first kappa shape index (κ1) is 74.2. The van der Waals surface area contributed by atoms with Crippen LogP contribution in [0.5, 0.6) is 0 Å². The minimum atomic E-state index is -1.12. The Bertz CT molecular complexity index is 3080. The molecule has 448 valence electrons. The van der Waals surface area contributed by atoms with E-state index >= 15 is 0 Å². The topological polar surface area (TPSA) is 364 Å². The van der Waals surface area contributed by atoms with Crippen LogP contribution in [-0.4, -0.2) is 157 Å².